The van der Waals surface area contributed by atoms with Gasteiger partial charge in [0.15, 0.2) is 0 Å². The monoisotopic (exact) mass is 427 g/mol. The minimum atomic E-state index is -0.839. The van der Waals surface area contributed by atoms with Gasteiger partial charge in [-0.15, -0.1) is 0 Å². The number of hydrogen-bond donors (Lipinski definition) is 0. The molecule has 1 aromatic rings. The number of nitrogens with zero attached hydrogens (tertiary/aromatic N) is 1. The number of allylic oxidation sites excluding steroid dienone is 2. The Labute approximate surface area is 178 Å². The smallest absolute Gasteiger partial charge is 0.343 e. The molecule has 9 heteroatoms. The molecule has 0 N–H and O–H groups in total. The molecule has 0 aromatic heterocycles. The number of ether oxygens (including phenoxy) is 4. The van der Waals surface area contributed by atoms with Gasteiger partial charge >= 0.3 is 23.9 Å². The van der Waals surface area contributed by atoms with Crippen molar-refractivity contribution in [3.8, 4) is 0 Å². The van der Waals surface area contributed by atoms with Gasteiger partial charge in [-0.05, 0) is 12.1 Å². The van der Waals surface area contributed by atoms with Gasteiger partial charge in [0.05, 0.1) is 38.0 Å². The summed E-state index contributed by atoms with van der Waals surface area (Å²) >= 11 is 0. The molecule has 1 aliphatic heterocycles. The van der Waals surface area contributed by atoms with E-state index in [1.807, 2.05) is 0 Å². The molecule has 0 atom stereocenters. The van der Waals surface area contributed by atoms with Crippen molar-refractivity contribution in [3.05, 3.63) is 84.1 Å². The lowest BCUT2D eigenvalue weighted by Gasteiger charge is -2.19. The fourth-order valence-electron chi connectivity index (χ4n) is 2.53. The number of carbonyl (C=O) groups excluding carboxylic acids is 4. The normalized spacial score (nSPS) is 13.8. The largest absolute Gasteiger partial charge is 0.466 e. The van der Waals surface area contributed by atoms with E-state index in [0.29, 0.717) is 0 Å². The third-order valence-corrected chi connectivity index (χ3v) is 4.14. The Morgan fingerprint density at radius 3 is 2.03 bits per heavy atom. The van der Waals surface area contributed by atoms with Gasteiger partial charge in [-0.3, -0.25) is 0 Å². The third kappa shape index (κ3) is 6.17. The molecule has 0 aliphatic carbocycles. The molecule has 162 valence electrons. The van der Waals surface area contributed by atoms with Crippen molar-refractivity contribution in [2.24, 2.45) is 5.92 Å². The van der Waals surface area contributed by atoms with Crippen LogP contribution >= 0.6 is 0 Å². The van der Waals surface area contributed by atoms with E-state index in [0.717, 1.165) is 6.26 Å². The quantitative estimate of drug-likeness (QED) is 0.280. The zero-order valence-corrected chi connectivity index (χ0v) is 17.1. The second-order valence-corrected chi connectivity index (χ2v) is 6.00. The van der Waals surface area contributed by atoms with Crippen molar-refractivity contribution in [1.29, 1.82) is 0 Å². The number of hydrogen-bond acceptors (Lipinski definition) is 9. The second-order valence-electron chi connectivity index (χ2n) is 6.00. The predicted molar refractivity (Wildman–Crippen MR) is 108 cm³/mol. The van der Waals surface area contributed by atoms with Crippen molar-refractivity contribution in [3.63, 3.8) is 0 Å². The van der Waals surface area contributed by atoms with Crippen LogP contribution in [0.25, 0.3) is 0 Å². The first kappa shape index (κ1) is 23.1. The van der Waals surface area contributed by atoms with Crippen LogP contribution in [0.4, 0.5) is 0 Å². The Morgan fingerprint density at radius 1 is 0.871 bits per heavy atom. The lowest BCUT2D eigenvalue weighted by Crippen LogP contribution is -2.17. The molecular formula is C22H21NO8. The molecule has 0 bridgehead atoms. The Hall–Kier alpha value is -4.14. The van der Waals surface area contributed by atoms with Gasteiger partial charge < -0.3 is 23.8 Å². The molecule has 9 nitrogen and oxygen atoms in total. The minimum Gasteiger partial charge on any atom is -0.466 e. The summed E-state index contributed by atoms with van der Waals surface area (Å²) in [6, 6.07) is 5.98. The lowest BCUT2D eigenvalue weighted by atomic mass is 9.98. The first-order valence-electron chi connectivity index (χ1n) is 8.98. The van der Waals surface area contributed by atoms with Gasteiger partial charge in [0.1, 0.15) is 6.26 Å². The highest BCUT2D eigenvalue weighted by molar-refractivity contribution is 6.03. The van der Waals surface area contributed by atoms with E-state index in [-0.39, 0.29) is 16.7 Å². The predicted octanol–water partition coefficient (Wildman–Crippen LogP) is 2.33. The zero-order valence-electron chi connectivity index (χ0n) is 17.1. The maximum atomic E-state index is 12.5. The summed E-state index contributed by atoms with van der Waals surface area (Å²) in [5, 5.41) is 0. The van der Waals surface area contributed by atoms with Crippen LogP contribution in [0.2, 0.25) is 0 Å². The highest BCUT2D eigenvalue weighted by Gasteiger charge is 2.23. The lowest BCUT2D eigenvalue weighted by molar-refractivity contribution is -0.136. The second kappa shape index (κ2) is 11.1. The van der Waals surface area contributed by atoms with E-state index in [1.54, 1.807) is 41.6 Å². The summed E-state index contributed by atoms with van der Waals surface area (Å²) in [5.74, 6) is -3.30. The Kier molecular flexibility index (Phi) is 8.32. The summed E-state index contributed by atoms with van der Waals surface area (Å²) in [7, 11) is 3.67. The summed E-state index contributed by atoms with van der Waals surface area (Å²) in [4.78, 5) is 49.3. The number of carbonyl (C=O) groups is 4. The van der Waals surface area contributed by atoms with Crippen LogP contribution in [0.5, 0.6) is 0 Å². The first-order valence-corrected chi connectivity index (χ1v) is 8.98. The summed E-state index contributed by atoms with van der Waals surface area (Å²) < 4.78 is 19.1. The number of rotatable bonds is 7. The van der Waals surface area contributed by atoms with Crippen LogP contribution in [0.3, 0.4) is 0 Å². The van der Waals surface area contributed by atoms with Gasteiger partial charge in [0.25, 0.3) is 0 Å². The molecule has 1 aliphatic rings. The highest BCUT2D eigenvalue weighted by atomic mass is 16.5. The fourth-order valence-corrected chi connectivity index (χ4v) is 2.53. The van der Waals surface area contributed by atoms with E-state index < -0.39 is 29.8 Å². The van der Waals surface area contributed by atoms with Gasteiger partial charge in [0.2, 0.25) is 0 Å². The van der Waals surface area contributed by atoms with Crippen molar-refractivity contribution in [1.82, 2.24) is 4.90 Å². The van der Waals surface area contributed by atoms with E-state index in [4.69, 9.17) is 9.47 Å². The Balaban J connectivity index is 2.20. The van der Waals surface area contributed by atoms with Gasteiger partial charge in [0, 0.05) is 30.6 Å². The molecule has 0 unspecified atom stereocenters. The topological polar surface area (TPSA) is 108 Å². The maximum absolute atomic E-state index is 12.5. The zero-order chi connectivity index (χ0) is 22.8. The molecule has 31 heavy (non-hydrogen) atoms. The molecule has 1 aromatic carbocycles. The van der Waals surface area contributed by atoms with E-state index in [1.165, 1.54) is 45.7 Å². The molecule has 0 radical (unpaired) electrons. The highest BCUT2D eigenvalue weighted by Crippen LogP contribution is 2.22. The average molecular weight is 427 g/mol. The first-order chi connectivity index (χ1) is 14.9. The number of benzene rings is 1. The molecule has 0 saturated carbocycles. The van der Waals surface area contributed by atoms with Gasteiger partial charge in [-0.1, -0.05) is 24.3 Å². The van der Waals surface area contributed by atoms with Crippen molar-refractivity contribution in [2.45, 2.75) is 0 Å². The van der Waals surface area contributed by atoms with Crippen molar-refractivity contribution >= 4 is 23.9 Å². The third-order valence-electron chi connectivity index (χ3n) is 4.14. The maximum Gasteiger partial charge on any atom is 0.343 e. The van der Waals surface area contributed by atoms with Crippen LogP contribution in [-0.2, 0) is 28.5 Å². The molecule has 1 heterocycles. The van der Waals surface area contributed by atoms with Crippen LogP contribution in [0.15, 0.2) is 72.9 Å². The van der Waals surface area contributed by atoms with Gasteiger partial charge in [-0.25, -0.2) is 19.2 Å². The van der Waals surface area contributed by atoms with Crippen molar-refractivity contribution < 1.29 is 38.1 Å². The van der Waals surface area contributed by atoms with Crippen LogP contribution in [0, 0.1) is 5.92 Å². The van der Waals surface area contributed by atoms with E-state index in [2.05, 4.69) is 9.47 Å². The van der Waals surface area contributed by atoms with Crippen molar-refractivity contribution in [2.75, 3.05) is 21.3 Å². The van der Waals surface area contributed by atoms with Crippen LogP contribution < -0.4 is 0 Å². The van der Waals surface area contributed by atoms with Gasteiger partial charge in [-0.2, -0.15) is 0 Å². The number of methoxy groups -OCH3 is 3. The SMILES string of the molecule is COC(=O)/C=C/N1C=CC(/C(=C\OC(=O)c2ccccc2C(=O)OC)C(=O)OC)C=C1. The summed E-state index contributed by atoms with van der Waals surface area (Å²) in [6.07, 6.45) is 10.2. The molecule has 0 saturated heterocycles. The number of esters is 4. The minimum absolute atomic E-state index is 0.0105. The summed E-state index contributed by atoms with van der Waals surface area (Å²) in [6.45, 7) is 0. The van der Waals surface area contributed by atoms with Crippen LogP contribution in [0.1, 0.15) is 20.7 Å². The fraction of sp³-hybridized carbons (Fsp3) is 0.182. The van der Waals surface area contributed by atoms with Crippen LogP contribution in [-0.4, -0.2) is 50.1 Å². The molecule has 0 spiro atoms. The summed E-state index contributed by atoms with van der Waals surface area (Å²) in [5.41, 5.74) is 0.0766. The Morgan fingerprint density at radius 2 is 1.48 bits per heavy atom. The molecule has 0 amide bonds. The van der Waals surface area contributed by atoms with E-state index in [9.17, 15) is 19.2 Å². The molecule has 0 fully saturated rings. The molecule has 2 rings (SSSR count). The Bertz CT molecular complexity index is 959. The average Bonchev–Trinajstić information content (AvgIpc) is 2.82. The van der Waals surface area contributed by atoms with E-state index >= 15 is 0 Å². The standard InChI is InChI=1S/C22H21NO8/c1-28-19(24)10-13-23-11-8-15(9-12-23)18(21(26)30-3)14-31-22(27)17-7-5-4-6-16(17)20(25)29-2/h4-15H,1-3H3/b13-10+,18-14+. The molecular weight excluding hydrogens is 406 g/mol.